The minimum Gasteiger partial charge on any atom is -0.356 e. The highest BCUT2D eigenvalue weighted by atomic mass is 35.5. The van der Waals surface area contributed by atoms with Crippen molar-refractivity contribution < 1.29 is 13.2 Å². The van der Waals surface area contributed by atoms with Crippen LogP contribution in [0.1, 0.15) is 32.3 Å². The average Bonchev–Trinajstić information content (AvgIpc) is 2.47. The molecule has 1 aromatic carbocycles. The Morgan fingerprint density at radius 1 is 1.21 bits per heavy atom. The zero-order valence-corrected chi connectivity index (χ0v) is 16.2. The lowest BCUT2D eigenvalue weighted by molar-refractivity contribution is -0.121. The first-order valence-corrected chi connectivity index (χ1v) is 10.4. The van der Waals surface area contributed by atoms with Crippen molar-refractivity contribution in [3.8, 4) is 0 Å². The van der Waals surface area contributed by atoms with Crippen LogP contribution in [0.15, 0.2) is 24.3 Å². The van der Waals surface area contributed by atoms with Crippen molar-refractivity contribution >= 4 is 27.5 Å². The van der Waals surface area contributed by atoms with E-state index in [0.29, 0.717) is 30.5 Å². The van der Waals surface area contributed by atoms with Crippen LogP contribution in [-0.4, -0.2) is 44.5 Å². The zero-order chi connectivity index (χ0) is 18.2. The van der Waals surface area contributed by atoms with Gasteiger partial charge in [0.15, 0.2) is 0 Å². The molecule has 5 nitrogen and oxygen atoms in total. The molecule has 0 bridgehead atoms. The second-order valence-electron chi connectivity index (χ2n) is 6.32. The Morgan fingerprint density at radius 2 is 1.83 bits per heavy atom. The number of halogens is 1. The summed E-state index contributed by atoms with van der Waals surface area (Å²) in [5.41, 5.74) is 1.09. The topological polar surface area (TPSA) is 66.5 Å². The van der Waals surface area contributed by atoms with E-state index in [1.165, 1.54) is 10.6 Å². The SMILES string of the molecule is CC(C)CCN(CCC(=O)NCCc1ccc(Cl)cc1)S(C)(=O)=O. The van der Waals surface area contributed by atoms with Crippen LogP contribution in [0.25, 0.3) is 0 Å². The summed E-state index contributed by atoms with van der Waals surface area (Å²) >= 11 is 5.83. The highest BCUT2D eigenvalue weighted by Crippen LogP contribution is 2.10. The number of amides is 1. The van der Waals surface area contributed by atoms with Gasteiger partial charge in [-0.1, -0.05) is 37.6 Å². The molecule has 1 rings (SSSR count). The molecule has 7 heteroatoms. The summed E-state index contributed by atoms with van der Waals surface area (Å²) in [6.45, 7) is 5.28. The predicted molar refractivity (Wildman–Crippen MR) is 98.7 cm³/mol. The lowest BCUT2D eigenvalue weighted by Gasteiger charge is -2.20. The molecule has 0 spiro atoms. The first-order chi connectivity index (χ1) is 11.2. The van der Waals surface area contributed by atoms with Crippen molar-refractivity contribution in [3.05, 3.63) is 34.9 Å². The average molecular weight is 375 g/mol. The van der Waals surface area contributed by atoms with Crippen LogP contribution in [0, 0.1) is 5.92 Å². The van der Waals surface area contributed by atoms with E-state index in [2.05, 4.69) is 5.32 Å². The first kappa shape index (κ1) is 20.9. The van der Waals surface area contributed by atoms with Gasteiger partial charge in [0, 0.05) is 31.1 Å². The molecule has 136 valence electrons. The molecule has 1 aromatic rings. The van der Waals surface area contributed by atoms with Crippen LogP contribution in [0.3, 0.4) is 0 Å². The molecule has 0 aromatic heterocycles. The number of hydrogen-bond donors (Lipinski definition) is 1. The Morgan fingerprint density at radius 3 is 2.38 bits per heavy atom. The van der Waals surface area contributed by atoms with E-state index < -0.39 is 10.0 Å². The van der Waals surface area contributed by atoms with Gasteiger partial charge in [-0.2, -0.15) is 0 Å². The fourth-order valence-corrected chi connectivity index (χ4v) is 3.14. The largest absolute Gasteiger partial charge is 0.356 e. The van der Waals surface area contributed by atoms with Crippen molar-refractivity contribution in [2.24, 2.45) is 5.92 Å². The normalized spacial score (nSPS) is 11.9. The molecular weight excluding hydrogens is 348 g/mol. The number of carbonyl (C=O) groups excluding carboxylic acids is 1. The predicted octanol–water partition coefficient (Wildman–Crippen LogP) is 2.70. The Hall–Kier alpha value is -1.11. The third-order valence-corrected chi connectivity index (χ3v) is 5.22. The molecule has 0 saturated carbocycles. The van der Waals surface area contributed by atoms with Crippen molar-refractivity contribution in [2.75, 3.05) is 25.9 Å². The van der Waals surface area contributed by atoms with Crippen molar-refractivity contribution in [2.45, 2.75) is 33.1 Å². The van der Waals surface area contributed by atoms with Crippen LogP contribution in [0.4, 0.5) is 0 Å². The molecule has 0 saturated heterocycles. The number of hydrogen-bond acceptors (Lipinski definition) is 3. The van der Waals surface area contributed by atoms with Gasteiger partial charge in [0.05, 0.1) is 6.26 Å². The van der Waals surface area contributed by atoms with Gasteiger partial charge in [-0.3, -0.25) is 4.79 Å². The summed E-state index contributed by atoms with van der Waals surface area (Å²) in [5, 5.41) is 3.51. The minimum atomic E-state index is -3.28. The second-order valence-corrected chi connectivity index (χ2v) is 8.74. The van der Waals surface area contributed by atoms with Crippen LogP contribution in [-0.2, 0) is 21.2 Å². The van der Waals surface area contributed by atoms with Gasteiger partial charge in [-0.15, -0.1) is 0 Å². The Balaban J connectivity index is 2.35. The Labute approximate surface area is 150 Å². The van der Waals surface area contributed by atoms with Crippen LogP contribution in [0.5, 0.6) is 0 Å². The van der Waals surface area contributed by atoms with E-state index in [0.717, 1.165) is 12.0 Å². The quantitative estimate of drug-likeness (QED) is 0.684. The molecule has 0 aliphatic heterocycles. The molecule has 0 aliphatic rings. The summed E-state index contributed by atoms with van der Waals surface area (Å²) in [5.74, 6) is 0.282. The number of nitrogens with zero attached hydrogens (tertiary/aromatic N) is 1. The lowest BCUT2D eigenvalue weighted by Crippen LogP contribution is -2.36. The van der Waals surface area contributed by atoms with Crippen LogP contribution >= 0.6 is 11.6 Å². The second kappa shape index (κ2) is 10.0. The summed E-state index contributed by atoms with van der Waals surface area (Å²) in [7, 11) is -3.28. The molecular formula is C17H27ClN2O3S. The van der Waals surface area contributed by atoms with Gasteiger partial charge >= 0.3 is 0 Å². The molecule has 0 atom stereocenters. The van der Waals surface area contributed by atoms with Gasteiger partial charge in [0.25, 0.3) is 0 Å². The summed E-state index contributed by atoms with van der Waals surface area (Å²) in [6, 6.07) is 7.48. The van der Waals surface area contributed by atoms with Crippen LogP contribution in [0.2, 0.25) is 5.02 Å². The Bertz CT molecular complexity index is 615. The van der Waals surface area contributed by atoms with E-state index in [-0.39, 0.29) is 18.9 Å². The smallest absolute Gasteiger partial charge is 0.221 e. The van der Waals surface area contributed by atoms with Crippen molar-refractivity contribution in [1.82, 2.24) is 9.62 Å². The summed E-state index contributed by atoms with van der Waals surface area (Å²) in [4.78, 5) is 11.9. The van der Waals surface area contributed by atoms with Crippen molar-refractivity contribution in [1.29, 1.82) is 0 Å². The minimum absolute atomic E-state index is 0.137. The fourth-order valence-electron chi connectivity index (χ4n) is 2.16. The fraction of sp³-hybridized carbons (Fsp3) is 0.588. The van der Waals surface area contributed by atoms with Gasteiger partial charge in [0.1, 0.15) is 0 Å². The highest BCUT2D eigenvalue weighted by Gasteiger charge is 2.17. The van der Waals surface area contributed by atoms with E-state index in [4.69, 9.17) is 11.6 Å². The molecule has 0 fully saturated rings. The van der Waals surface area contributed by atoms with E-state index in [1.54, 1.807) is 0 Å². The Kier molecular flexibility index (Phi) is 8.73. The molecule has 24 heavy (non-hydrogen) atoms. The van der Waals surface area contributed by atoms with E-state index in [1.807, 2.05) is 38.1 Å². The molecule has 0 heterocycles. The number of rotatable bonds is 10. The van der Waals surface area contributed by atoms with E-state index >= 15 is 0 Å². The third-order valence-electron chi connectivity index (χ3n) is 3.66. The standard InChI is InChI=1S/C17H27ClN2O3S/c1-14(2)9-12-20(24(3,22)23)13-10-17(21)19-11-8-15-4-6-16(18)7-5-15/h4-7,14H,8-13H2,1-3H3,(H,19,21). The van der Waals surface area contributed by atoms with Gasteiger partial charge in [-0.25, -0.2) is 12.7 Å². The lowest BCUT2D eigenvalue weighted by atomic mass is 10.1. The number of sulfonamides is 1. The highest BCUT2D eigenvalue weighted by molar-refractivity contribution is 7.88. The molecule has 0 unspecified atom stereocenters. The summed E-state index contributed by atoms with van der Waals surface area (Å²) < 4.78 is 24.9. The maximum absolute atomic E-state index is 11.9. The molecule has 0 radical (unpaired) electrons. The van der Waals surface area contributed by atoms with Crippen LogP contribution < -0.4 is 5.32 Å². The zero-order valence-electron chi connectivity index (χ0n) is 14.6. The summed E-state index contributed by atoms with van der Waals surface area (Å²) in [6.07, 6.45) is 2.86. The number of benzene rings is 1. The molecule has 0 aliphatic carbocycles. The van der Waals surface area contributed by atoms with E-state index in [9.17, 15) is 13.2 Å². The third kappa shape index (κ3) is 8.66. The van der Waals surface area contributed by atoms with Gasteiger partial charge < -0.3 is 5.32 Å². The number of nitrogens with one attached hydrogen (secondary N) is 1. The first-order valence-electron chi connectivity index (χ1n) is 8.14. The molecule has 1 N–H and O–H groups in total. The van der Waals surface area contributed by atoms with Crippen molar-refractivity contribution in [3.63, 3.8) is 0 Å². The number of carbonyl (C=O) groups is 1. The van der Waals surface area contributed by atoms with Gasteiger partial charge in [-0.05, 0) is 36.5 Å². The van der Waals surface area contributed by atoms with Gasteiger partial charge in [0.2, 0.25) is 15.9 Å². The maximum Gasteiger partial charge on any atom is 0.221 e. The molecule has 1 amide bonds. The monoisotopic (exact) mass is 374 g/mol. The maximum atomic E-state index is 11.9.